The highest BCUT2D eigenvalue weighted by Crippen LogP contribution is 2.28. The molecule has 1 aromatic heterocycles. The Labute approximate surface area is 138 Å². The van der Waals surface area contributed by atoms with Crippen molar-refractivity contribution >= 4 is 34.4 Å². The highest BCUT2D eigenvalue weighted by Gasteiger charge is 2.21. The van der Waals surface area contributed by atoms with Gasteiger partial charge >= 0.3 is 5.97 Å². The SMILES string of the molecule is Cc1c(C(=O)OCC(=O)N(C)CCC#N)oc2ccc(Cl)cc12. The van der Waals surface area contributed by atoms with Crippen LogP contribution in [0.3, 0.4) is 0 Å². The van der Waals surface area contributed by atoms with Crippen LogP contribution >= 0.6 is 11.6 Å². The Morgan fingerprint density at radius 1 is 1.43 bits per heavy atom. The average Bonchev–Trinajstić information content (AvgIpc) is 2.86. The highest BCUT2D eigenvalue weighted by molar-refractivity contribution is 6.31. The summed E-state index contributed by atoms with van der Waals surface area (Å²) in [5.41, 5.74) is 1.13. The predicted molar refractivity (Wildman–Crippen MR) is 84.1 cm³/mol. The summed E-state index contributed by atoms with van der Waals surface area (Å²) in [6.07, 6.45) is 0.222. The van der Waals surface area contributed by atoms with Crippen LogP contribution in [0, 0.1) is 18.3 Å². The zero-order valence-electron chi connectivity index (χ0n) is 12.8. The number of nitrogens with zero attached hydrogens (tertiary/aromatic N) is 2. The van der Waals surface area contributed by atoms with Crippen LogP contribution in [0.15, 0.2) is 22.6 Å². The fraction of sp³-hybridized carbons (Fsp3) is 0.312. The maximum atomic E-state index is 12.1. The number of ether oxygens (including phenoxy) is 1. The van der Waals surface area contributed by atoms with Gasteiger partial charge in [0.2, 0.25) is 5.76 Å². The van der Waals surface area contributed by atoms with Crippen LogP contribution < -0.4 is 0 Å². The zero-order chi connectivity index (χ0) is 17.0. The number of likely N-dealkylation sites (N-methyl/N-ethyl adjacent to an activating group) is 1. The first kappa shape index (κ1) is 16.8. The normalized spacial score (nSPS) is 10.3. The second-order valence-electron chi connectivity index (χ2n) is 5.00. The molecule has 6 nitrogen and oxygen atoms in total. The molecule has 1 amide bonds. The van der Waals surface area contributed by atoms with Crippen molar-refractivity contribution in [1.82, 2.24) is 4.90 Å². The molecular formula is C16H15ClN2O4. The Kier molecular flexibility index (Phi) is 5.24. The highest BCUT2D eigenvalue weighted by atomic mass is 35.5. The fourth-order valence-corrected chi connectivity index (χ4v) is 2.21. The number of nitriles is 1. The molecule has 1 heterocycles. The van der Waals surface area contributed by atoms with Gasteiger partial charge in [0.1, 0.15) is 5.58 Å². The van der Waals surface area contributed by atoms with Gasteiger partial charge in [-0.2, -0.15) is 5.26 Å². The molecule has 0 radical (unpaired) electrons. The van der Waals surface area contributed by atoms with Gasteiger partial charge in [-0.15, -0.1) is 0 Å². The van der Waals surface area contributed by atoms with Crippen molar-refractivity contribution in [1.29, 1.82) is 5.26 Å². The smallest absolute Gasteiger partial charge is 0.375 e. The van der Waals surface area contributed by atoms with E-state index >= 15 is 0 Å². The van der Waals surface area contributed by atoms with Gasteiger partial charge < -0.3 is 14.1 Å². The van der Waals surface area contributed by atoms with Crippen molar-refractivity contribution in [3.8, 4) is 6.07 Å². The molecule has 0 saturated heterocycles. The number of esters is 1. The minimum absolute atomic E-state index is 0.0507. The molecule has 120 valence electrons. The maximum absolute atomic E-state index is 12.1. The van der Waals surface area contributed by atoms with Crippen molar-refractivity contribution in [2.24, 2.45) is 0 Å². The number of fused-ring (bicyclic) bond motifs is 1. The number of carbonyl (C=O) groups is 2. The van der Waals surface area contributed by atoms with E-state index in [0.29, 0.717) is 16.2 Å². The van der Waals surface area contributed by atoms with Gasteiger partial charge in [0.05, 0.1) is 12.5 Å². The van der Waals surface area contributed by atoms with Gasteiger partial charge in [0.25, 0.3) is 5.91 Å². The summed E-state index contributed by atoms with van der Waals surface area (Å²) < 4.78 is 10.5. The van der Waals surface area contributed by atoms with Crippen LogP contribution in [-0.2, 0) is 9.53 Å². The average molecular weight is 335 g/mol. The first-order valence-electron chi connectivity index (χ1n) is 6.90. The number of benzene rings is 1. The lowest BCUT2D eigenvalue weighted by Crippen LogP contribution is -2.31. The number of furan rings is 1. The number of carbonyl (C=O) groups excluding carboxylic acids is 2. The molecule has 0 aliphatic heterocycles. The van der Waals surface area contributed by atoms with Crippen molar-refractivity contribution in [3.63, 3.8) is 0 Å². The van der Waals surface area contributed by atoms with Crippen molar-refractivity contribution in [2.45, 2.75) is 13.3 Å². The van der Waals surface area contributed by atoms with Crippen LogP contribution in [0.4, 0.5) is 0 Å². The van der Waals surface area contributed by atoms with Crippen molar-refractivity contribution in [3.05, 3.63) is 34.5 Å². The lowest BCUT2D eigenvalue weighted by molar-refractivity contribution is -0.133. The van der Waals surface area contributed by atoms with E-state index in [1.165, 1.54) is 4.90 Å². The van der Waals surface area contributed by atoms with E-state index in [2.05, 4.69) is 0 Å². The molecule has 2 rings (SSSR count). The van der Waals surface area contributed by atoms with Gasteiger partial charge in [0.15, 0.2) is 6.61 Å². The second kappa shape index (κ2) is 7.16. The Morgan fingerprint density at radius 3 is 2.87 bits per heavy atom. The van der Waals surface area contributed by atoms with Crippen LogP contribution in [0.1, 0.15) is 22.5 Å². The molecule has 7 heteroatoms. The quantitative estimate of drug-likeness (QED) is 0.785. The molecule has 2 aromatic rings. The summed E-state index contributed by atoms with van der Waals surface area (Å²) in [4.78, 5) is 25.2. The molecule has 0 unspecified atom stereocenters. The Balaban J connectivity index is 2.05. The minimum atomic E-state index is -0.711. The topological polar surface area (TPSA) is 83.5 Å². The Morgan fingerprint density at radius 2 is 2.17 bits per heavy atom. The standard InChI is InChI=1S/C16H15ClN2O4/c1-10-12-8-11(17)4-5-13(12)23-15(10)16(21)22-9-14(20)19(2)7-3-6-18/h4-5,8H,3,7,9H2,1-2H3. The number of halogens is 1. The summed E-state index contributed by atoms with van der Waals surface area (Å²) >= 11 is 5.93. The third-order valence-electron chi connectivity index (χ3n) is 3.40. The molecule has 0 bridgehead atoms. The number of aryl methyl sites for hydroxylation is 1. The Hall–Kier alpha value is -2.52. The largest absolute Gasteiger partial charge is 0.450 e. The fourth-order valence-electron chi connectivity index (χ4n) is 2.03. The van der Waals surface area contributed by atoms with Crippen LogP contribution in [0.25, 0.3) is 11.0 Å². The Bertz CT molecular complexity index is 791. The predicted octanol–water partition coefficient (Wildman–Crippen LogP) is 2.92. The molecule has 23 heavy (non-hydrogen) atoms. The lowest BCUT2D eigenvalue weighted by atomic mass is 10.1. The molecule has 0 aliphatic carbocycles. The van der Waals surface area contributed by atoms with Crippen molar-refractivity contribution < 1.29 is 18.7 Å². The van der Waals surface area contributed by atoms with E-state index in [4.69, 9.17) is 26.0 Å². The third-order valence-corrected chi connectivity index (χ3v) is 3.63. The monoisotopic (exact) mass is 334 g/mol. The van der Waals surface area contributed by atoms with E-state index < -0.39 is 12.6 Å². The summed E-state index contributed by atoms with van der Waals surface area (Å²) in [6.45, 7) is 1.60. The first-order valence-corrected chi connectivity index (χ1v) is 7.28. The number of rotatable bonds is 5. The van der Waals surface area contributed by atoms with Crippen LogP contribution in [-0.4, -0.2) is 37.0 Å². The minimum Gasteiger partial charge on any atom is -0.450 e. The van der Waals surface area contributed by atoms with Gasteiger partial charge in [0, 0.05) is 29.6 Å². The first-order chi connectivity index (χ1) is 10.9. The van der Waals surface area contributed by atoms with Gasteiger partial charge in [-0.05, 0) is 25.1 Å². The van der Waals surface area contributed by atoms with Crippen LogP contribution in [0.2, 0.25) is 5.02 Å². The molecule has 1 aromatic carbocycles. The zero-order valence-corrected chi connectivity index (χ0v) is 13.5. The number of hydrogen-bond donors (Lipinski definition) is 0. The van der Waals surface area contributed by atoms with E-state index in [9.17, 15) is 9.59 Å². The van der Waals surface area contributed by atoms with Crippen LogP contribution in [0.5, 0.6) is 0 Å². The van der Waals surface area contributed by atoms with Gasteiger partial charge in [-0.25, -0.2) is 4.79 Å². The number of amides is 1. The molecule has 0 fully saturated rings. The number of hydrogen-bond acceptors (Lipinski definition) is 5. The second-order valence-corrected chi connectivity index (χ2v) is 5.43. The summed E-state index contributed by atoms with van der Waals surface area (Å²) in [5.74, 6) is -1.04. The van der Waals surface area contributed by atoms with E-state index in [0.717, 1.165) is 5.39 Å². The summed E-state index contributed by atoms with van der Waals surface area (Å²) in [7, 11) is 1.54. The molecular weight excluding hydrogens is 320 g/mol. The lowest BCUT2D eigenvalue weighted by Gasteiger charge is -2.14. The third kappa shape index (κ3) is 3.82. The molecule has 0 aliphatic rings. The summed E-state index contributed by atoms with van der Waals surface area (Å²) in [5, 5.41) is 9.75. The van der Waals surface area contributed by atoms with Gasteiger partial charge in [-0.1, -0.05) is 11.6 Å². The summed E-state index contributed by atoms with van der Waals surface area (Å²) in [6, 6.07) is 6.98. The molecule has 0 saturated carbocycles. The van der Waals surface area contributed by atoms with E-state index in [1.54, 1.807) is 32.2 Å². The van der Waals surface area contributed by atoms with E-state index in [-0.39, 0.29) is 24.6 Å². The van der Waals surface area contributed by atoms with Gasteiger partial charge in [-0.3, -0.25) is 4.79 Å². The molecule has 0 N–H and O–H groups in total. The van der Waals surface area contributed by atoms with Crippen molar-refractivity contribution in [2.75, 3.05) is 20.2 Å². The maximum Gasteiger partial charge on any atom is 0.375 e. The van der Waals surface area contributed by atoms with E-state index in [1.807, 2.05) is 6.07 Å². The molecule has 0 atom stereocenters. The molecule has 0 spiro atoms.